The highest BCUT2D eigenvalue weighted by Gasteiger charge is 2.45. The van der Waals surface area contributed by atoms with Gasteiger partial charge in [0.1, 0.15) is 12.4 Å². The lowest BCUT2D eigenvalue weighted by Gasteiger charge is -2.31. The summed E-state index contributed by atoms with van der Waals surface area (Å²) in [5.41, 5.74) is 5.37. The zero-order chi connectivity index (χ0) is 26.0. The summed E-state index contributed by atoms with van der Waals surface area (Å²) in [6.45, 7) is 3.01. The highest BCUT2D eigenvalue weighted by atomic mass is 16.5. The highest BCUT2D eigenvalue weighted by molar-refractivity contribution is 6.00. The normalized spacial score (nSPS) is 23.8. The van der Waals surface area contributed by atoms with Crippen molar-refractivity contribution in [1.82, 2.24) is 20.2 Å². The van der Waals surface area contributed by atoms with Crippen LogP contribution in [0.5, 0.6) is 11.8 Å². The molecule has 3 aromatic carbocycles. The van der Waals surface area contributed by atoms with Crippen molar-refractivity contribution in [2.45, 2.75) is 62.6 Å². The van der Waals surface area contributed by atoms with Gasteiger partial charge in [0.05, 0.1) is 16.7 Å². The number of phenolic OH excluding ortho intramolecular Hbond substituents is 1. The van der Waals surface area contributed by atoms with E-state index < -0.39 is 0 Å². The van der Waals surface area contributed by atoms with Crippen LogP contribution in [0.3, 0.4) is 0 Å². The summed E-state index contributed by atoms with van der Waals surface area (Å²) in [4.78, 5) is 12.7. The van der Waals surface area contributed by atoms with E-state index in [0.717, 1.165) is 44.9 Å². The molecule has 8 rings (SSSR count). The van der Waals surface area contributed by atoms with Crippen LogP contribution in [0, 0.1) is 0 Å². The molecule has 6 heteroatoms. The number of nitrogens with zero attached hydrogens (tertiary/aromatic N) is 3. The van der Waals surface area contributed by atoms with Crippen LogP contribution in [0.2, 0.25) is 0 Å². The first-order chi connectivity index (χ1) is 19.1. The average molecular weight is 519 g/mol. The SMILES string of the molecule is Oc1cc(-c2ccc3c(C4=C[C@@H]5CC[C@H](C4)N5)nc(OCC45CCCN4CCC5)nc3c2)c2ccccc2c1. The molecule has 3 saturated heterocycles. The number of benzene rings is 3. The molecule has 6 nitrogen and oxygen atoms in total. The third kappa shape index (κ3) is 4.00. The Morgan fingerprint density at radius 2 is 1.85 bits per heavy atom. The van der Waals surface area contributed by atoms with Gasteiger partial charge in [0.2, 0.25) is 0 Å². The number of aromatic hydroxyl groups is 1. The lowest BCUT2D eigenvalue weighted by Crippen LogP contribution is -2.43. The van der Waals surface area contributed by atoms with Crippen molar-refractivity contribution >= 4 is 27.2 Å². The largest absolute Gasteiger partial charge is 0.508 e. The Kier molecular flexibility index (Phi) is 5.42. The standard InChI is InChI=1S/C33H34N4O2/c38-26-17-21-5-1-2-6-27(21)29(19-26)22-7-10-28-30(18-22)35-32(39-20-33-11-3-13-37(33)14-4-12-33)36-31(28)23-15-24-8-9-25(16-23)34-24/h1-2,5-7,10,15,17-19,24-25,34,38H,3-4,8-9,11-14,16,20H2/t24-,25+/m0/s1. The van der Waals surface area contributed by atoms with Gasteiger partial charge in [0, 0.05) is 17.5 Å². The first kappa shape index (κ1) is 23.4. The van der Waals surface area contributed by atoms with Gasteiger partial charge in [-0.3, -0.25) is 4.90 Å². The Bertz CT molecular complexity index is 1620. The molecule has 1 aromatic heterocycles. The molecule has 4 aliphatic rings. The third-order valence-corrected chi connectivity index (χ3v) is 9.56. The minimum Gasteiger partial charge on any atom is -0.508 e. The van der Waals surface area contributed by atoms with E-state index >= 15 is 0 Å². The molecule has 2 N–H and O–H groups in total. The highest BCUT2D eigenvalue weighted by Crippen LogP contribution is 2.40. The summed E-state index contributed by atoms with van der Waals surface area (Å²) in [6.07, 6.45) is 10.6. The van der Waals surface area contributed by atoms with Gasteiger partial charge >= 0.3 is 6.01 Å². The van der Waals surface area contributed by atoms with Crippen LogP contribution < -0.4 is 10.1 Å². The Morgan fingerprint density at radius 3 is 2.72 bits per heavy atom. The Labute approximate surface area is 228 Å². The molecule has 0 aliphatic carbocycles. The molecule has 39 heavy (non-hydrogen) atoms. The molecule has 0 unspecified atom stereocenters. The summed E-state index contributed by atoms with van der Waals surface area (Å²) >= 11 is 0. The number of ether oxygens (including phenoxy) is 1. The molecular weight excluding hydrogens is 484 g/mol. The fraction of sp³-hybridized carbons (Fsp3) is 0.394. The van der Waals surface area contributed by atoms with Crippen molar-refractivity contribution in [3.8, 4) is 22.9 Å². The van der Waals surface area contributed by atoms with Crippen LogP contribution in [0.25, 0.3) is 38.4 Å². The maximum atomic E-state index is 10.5. The first-order valence-electron chi connectivity index (χ1n) is 14.5. The summed E-state index contributed by atoms with van der Waals surface area (Å²) in [5.74, 6) is 0.267. The van der Waals surface area contributed by atoms with Crippen molar-refractivity contribution in [3.63, 3.8) is 0 Å². The monoisotopic (exact) mass is 518 g/mol. The van der Waals surface area contributed by atoms with Gasteiger partial charge in [0.15, 0.2) is 0 Å². The fourth-order valence-electron chi connectivity index (χ4n) is 7.67. The maximum Gasteiger partial charge on any atom is 0.317 e. The molecule has 0 spiro atoms. The van der Waals surface area contributed by atoms with Gasteiger partial charge in [-0.2, -0.15) is 9.97 Å². The average Bonchev–Trinajstić information content (AvgIpc) is 3.64. The van der Waals surface area contributed by atoms with E-state index in [1.165, 1.54) is 57.2 Å². The number of hydrogen-bond donors (Lipinski definition) is 2. The lowest BCUT2D eigenvalue weighted by molar-refractivity contribution is 0.107. The molecule has 4 aromatic rings. The predicted molar refractivity (Wildman–Crippen MR) is 155 cm³/mol. The number of hydrogen-bond acceptors (Lipinski definition) is 6. The summed E-state index contributed by atoms with van der Waals surface area (Å²) in [5, 5.41) is 17.4. The lowest BCUT2D eigenvalue weighted by atomic mass is 9.94. The van der Waals surface area contributed by atoms with Crippen LogP contribution in [0.4, 0.5) is 0 Å². The van der Waals surface area contributed by atoms with Gasteiger partial charge < -0.3 is 15.2 Å². The molecule has 0 radical (unpaired) electrons. The minimum atomic E-state index is 0.147. The number of nitrogens with one attached hydrogen (secondary N) is 1. The van der Waals surface area contributed by atoms with E-state index in [0.29, 0.717) is 24.7 Å². The van der Waals surface area contributed by atoms with E-state index in [9.17, 15) is 5.11 Å². The van der Waals surface area contributed by atoms with Crippen molar-refractivity contribution in [2.75, 3.05) is 19.7 Å². The third-order valence-electron chi connectivity index (χ3n) is 9.56. The van der Waals surface area contributed by atoms with E-state index in [1.807, 2.05) is 30.3 Å². The van der Waals surface area contributed by atoms with Crippen LogP contribution in [-0.2, 0) is 0 Å². The Morgan fingerprint density at radius 1 is 0.974 bits per heavy atom. The first-order valence-corrected chi connectivity index (χ1v) is 14.5. The van der Waals surface area contributed by atoms with Crippen LogP contribution in [-0.4, -0.2) is 57.3 Å². The molecule has 2 bridgehead atoms. The predicted octanol–water partition coefficient (Wildman–Crippen LogP) is 6.07. The molecule has 0 saturated carbocycles. The molecule has 0 amide bonds. The van der Waals surface area contributed by atoms with E-state index in [-0.39, 0.29) is 11.3 Å². The quantitative estimate of drug-likeness (QED) is 0.334. The number of phenols is 1. The second-order valence-electron chi connectivity index (χ2n) is 12.0. The summed E-state index contributed by atoms with van der Waals surface area (Å²) in [6, 6.07) is 19.7. The molecule has 3 fully saturated rings. The van der Waals surface area contributed by atoms with Crippen molar-refractivity contribution < 1.29 is 9.84 Å². The minimum absolute atomic E-state index is 0.147. The van der Waals surface area contributed by atoms with Gasteiger partial charge in [-0.15, -0.1) is 0 Å². The maximum absolute atomic E-state index is 10.5. The topological polar surface area (TPSA) is 70.5 Å². The fourth-order valence-corrected chi connectivity index (χ4v) is 7.67. The van der Waals surface area contributed by atoms with Crippen molar-refractivity contribution in [3.05, 3.63) is 66.4 Å². The second-order valence-corrected chi connectivity index (χ2v) is 12.0. The van der Waals surface area contributed by atoms with Crippen molar-refractivity contribution in [2.24, 2.45) is 0 Å². The van der Waals surface area contributed by atoms with Crippen LogP contribution in [0.1, 0.15) is 50.6 Å². The van der Waals surface area contributed by atoms with Crippen LogP contribution in [0.15, 0.2) is 60.7 Å². The summed E-state index contributed by atoms with van der Waals surface area (Å²) < 4.78 is 6.49. The molecule has 198 valence electrons. The molecule has 4 aliphatic heterocycles. The van der Waals surface area contributed by atoms with Crippen LogP contribution >= 0.6 is 0 Å². The van der Waals surface area contributed by atoms with E-state index in [2.05, 4.69) is 40.6 Å². The summed E-state index contributed by atoms with van der Waals surface area (Å²) in [7, 11) is 0. The van der Waals surface area contributed by atoms with Gasteiger partial charge in [-0.05, 0) is 110 Å². The molecule has 5 heterocycles. The number of fused-ring (bicyclic) bond motifs is 5. The smallest absolute Gasteiger partial charge is 0.317 e. The molecule has 2 atom stereocenters. The van der Waals surface area contributed by atoms with E-state index in [4.69, 9.17) is 14.7 Å². The Hall–Kier alpha value is -3.48. The second kappa shape index (κ2) is 9.04. The van der Waals surface area contributed by atoms with Gasteiger partial charge in [-0.1, -0.05) is 36.4 Å². The zero-order valence-corrected chi connectivity index (χ0v) is 22.2. The van der Waals surface area contributed by atoms with Crippen molar-refractivity contribution in [1.29, 1.82) is 0 Å². The number of aromatic nitrogens is 2. The molecular formula is C33H34N4O2. The number of rotatable bonds is 5. The Balaban J connectivity index is 1.24. The van der Waals surface area contributed by atoms with E-state index in [1.54, 1.807) is 0 Å². The van der Waals surface area contributed by atoms with Gasteiger partial charge in [-0.25, -0.2) is 0 Å². The van der Waals surface area contributed by atoms with Gasteiger partial charge in [0.25, 0.3) is 0 Å². The zero-order valence-electron chi connectivity index (χ0n) is 22.2.